The summed E-state index contributed by atoms with van der Waals surface area (Å²) in [6.07, 6.45) is 0.777. The van der Waals surface area contributed by atoms with Crippen LogP contribution in [0.5, 0.6) is 11.5 Å². The molecule has 0 atom stereocenters. The number of rotatable bonds is 5. The summed E-state index contributed by atoms with van der Waals surface area (Å²) in [7, 11) is 0. The Morgan fingerprint density at radius 3 is 2.68 bits per heavy atom. The lowest BCUT2D eigenvalue weighted by molar-refractivity contribution is 0.174. The SMILES string of the molecule is CC/C(=N/NC(=S)NCc1ccc2c(c1)OCO2)c1ccc(Cl)cc1. The molecule has 0 radical (unpaired) electrons. The molecule has 2 aromatic carbocycles. The van der Waals surface area contributed by atoms with E-state index in [-0.39, 0.29) is 6.79 Å². The molecule has 0 amide bonds. The zero-order chi connectivity index (χ0) is 17.6. The Bertz CT molecular complexity index is 793. The van der Waals surface area contributed by atoms with E-state index in [0.717, 1.165) is 34.8 Å². The first-order chi connectivity index (χ1) is 12.2. The normalized spacial score (nSPS) is 12.8. The molecule has 5 nitrogen and oxygen atoms in total. The summed E-state index contributed by atoms with van der Waals surface area (Å²) in [6.45, 7) is 2.88. The van der Waals surface area contributed by atoms with Crippen molar-refractivity contribution in [2.45, 2.75) is 19.9 Å². The lowest BCUT2D eigenvalue weighted by atomic mass is 10.1. The average molecular weight is 376 g/mol. The topological polar surface area (TPSA) is 54.9 Å². The minimum atomic E-state index is 0.269. The molecule has 0 aromatic heterocycles. The van der Waals surface area contributed by atoms with Crippen molar-refractivity contribution < 1.29 is 9.47 Å². The molecule has 0 bridgehead atoms. The lowest BCUT2D eigenvalue weighted by Crippen LogP contribution is -2.32. The number of hydrogen-bond acceptors (Lipinski definition) is 4. The Kier molecular flexibility index (Phi) is 5.73. The summed E-state index contributed by atoms with van der Waals surface area (Å²) in [5.74, 6) is 1.52. The predicted octanol–water partition coefficient (Wildman–Crippen LogP) is 3.85. The van der Waals surface area contributed by atoms with Crippen LogP contribution in [0.2, 0.25) is 5.02 Å². The van der Waals surface area contributed by atoms with E-state index in [9.17, 15) is 0 Å². The van der Waals surface area contributed by atoms with Crippen molar-refractivity contribution in [2.75, 3.05) is 6.79 Å². The average Bonchev–Trinajstić information content (AvgIpc) is 3.09. The maximum absolute atomic E-state index is 5.92. The van der Waals surface area contributed by atoms with Gasteiger partial charge in [0.1, 0.15) is 0 Å². The van der Waals surface area contributed by atoms with Crippen LogP contribution in [0.3, 0.4) is 0 Å². The van der Waals surface area contributed by atoms with Gasteiger partial charge in [-0.15, -0.1) is 0 Å². The first-order valence-corrected chi connectivity index (χ1v) is 8.69. The molecule has 7 heteroatoms. The van der Waals surface area contributed by atoms with Crippen LogP contribution in [0.25, 0.3) is 0 Å². The molecule has 1 aliphatic heterocycles. The van der Waals surface area contributed by atoms with Gasteiger partial charge in [-0.25, -0.2) is 0 Å². The van der Waals surface area contributed by atoms with Gasteiger partial charge in [0.05, 0.1) is 5.71 Å². The van der Waals surface area contributed by atoms with Gasteiger partial charge in [-0.05, 0) is 54.0 Å². The second kappa shape index (κ2) is 8.18. The fourth-order valence-electron chi connectivity index (χ4n) is 2.38. The van der Waals surface area contributed by atoms with Crippen LogP contribution in [-0.4, -0.2) is 17.6 Å². The van der Waals surface area contributed by atoms with Crippen LogP contribution in [0.15, 0.2) is 47.6 Å². The summed E-state index contributed by atoms with van der Waals surface area (Å²) in [5.41, 5.74) is 5.85. The molecule has 3 rings (SSSR count). The quantitative estimate of drug-likeness (QED) is 0.472. The maximum Gasteiger partial charge on any atom is 0.231 e. The molecular weight excluding hydrogens is 358 g/mol. The molecular formula is C18H18ClN3O2S. The van der Waals surface area contributed by atoms with Crippen LogP contribution in [0.1, 0.15) is 24.5 Å². The number of fused-ring (bicyclic) bond motifs is 1. The molecule has 1 aliphatic rings. The summed E-state index contributed by atoms with van der Waals surface area (Å²) >= 11 is 11.2. The van der Waals surface area contributed by atoms with Crippen molar-refractivity contribution in [3.8, 4) is 11.5 Å². The van der Waals surface area contributed by atoms with Crippen LogP contribution in [0, 0.1) is 0 Å². The Hall–Kier alpha value is -2.31. The summed E-state index contributed by atoms with van der Waals surface area (Å²) < 4.78 is 10.7. The number of nitrogens with one attached hydrogen (secondary N) is 2. The summed E-state index contributed by atoms with van der Waals surface area (Å²) in [4.78, 5) is 0. The monoisotopic (exact) mass is 375 g/mol. The van der Waals surface area contributed by atoms with Gasteiger partial charge in [0, 0.05) is 11.6 Å². The van der Waals surface area contributed by atoms with Gasteiger partial charge in [0.15, 0.2) is 16.6 Å². The third-order valence-electron chi connectivity index (χ3n) is 3.69. The summed E-state index contributed by atoms with van der Waals surface area (Å²) in [5, 5.41) is 8.67. The molecule has 130 valence electrons. The highest BCUT2D eigenvalue weighted by molar-refractivity contribution is 7.80. The lowest BCUT2D eigenvalue weighted by Gasteiger charge is -2.10. The molecule has 0 unspecified atom stereocenters. The maximum atomic E-state index is 5.92. The third kappa shape index (κ3) is 4.61. The molecule has 0 spiro atoms. The first kappa shape index (κ1) is 17.5. The van der Waals surface area contributed by atoms with Gasteiger partial charge < -0.3 is 14.8 Å². The Balaban J connectivity index is 1.55. The van der Waals surface area contributed by atoms with Crippen molar-refractivity contribution in [1.29, 1.82) is 0 Å². The number of halogens is 1. The molecule has 1 heterocycles. The second-order valence-corrected chi connectivity index (χ2v) is 6.25. The number of benzene rings is 2. The Morgan fingerprint density at radius 2 is 1.92 bits per heavy atom. The molecule has 0 fully saturated rings. The van der Waals surface area contributed by atoms with E-state index >= 15 is 0 Å². The van der Waals surface area contributed by atoms with Gasteiger partial charge in [0.25, 0.3) is 0 Å². The minimum Gasteiger partial charge on any atom is -0.454 e. The van der Waals surface area contributed by atoms with Crippen LogP contribution in [0.4, 0.5) is 0 Å². The van der Waals surface area contributed by atoms with Crippen molar-refractivity contribution >= 4 is 34.6 Å². The van der Waals surface area contributed by atoms with E-state index in [0.29, 0.717) is 16.7 Å². The summed E-state index contributed by atoms with van der Waals surface area (Å²) in [6, 6.07) is 13.4. The largest absolute Gasteiger partial charge is 0.454 e. The van der Waals surface area contributed by atoms with Crippen LogP contribution < -0.4 is 20.2 Å². The zero-order valence-electron chi connectivity index (χ0n) is 13.7. The molecule has 0 saturated heterocycles. The van der Waals surface area contributed by atoms with Gasteiger partial charge in [0.2, 0.25) is 6.79 Å². The molecule has 25 heavy (non-hydrogen) atoms. The van der Waals surface area contributed by atoms with Gasteiger partial charge in [-0.1, -0.05) is 36.7 Å². The first-order valence-electron chi connectivity index (χ1n) is 7.90. The molecule has 0 saturated carbocycles. The predicted molar refractivity (Wildman–Crippen MR) is 103 cm³/mol. The standard InChI is InChI=1S/C18H18ClN3O2S/c1-2-15(13-4-6-14(19)7-5-13)21-22-18(25)20-10-12-3-8-16-17(9-12)24-11-23-16/h3-9H,2,10-11H2,1H3,(H2,20,22,25)/b21-15-. The van der Waals surface area contributed by atoms with E-state index < -0.39 is 0 Å². The smallest absolute Gasteiger partial charge is 0.231 e. The number of nitrogens with zero attached hydrogens (tertiary/aromatic N) is 1. The minimum absolute atomic E-state index is 0.269. The van der Waals surface area contributed by atoms with Crippen molar-refractivity contribution in [1.82, 2.24) is 10.7 Å². The molecule has 2 N–H and O–H groups in total. The number of hydrazone groups is 1. The van der Waals surface area contributed by atoms with Crippen molar-refractivity contribution in [3.63, 3.8) is 0 Å². The van der Waals surface area contributed by atoms with E-state index in [1.54, 1.807) is 0 Å². The van der Waals surface area contributed by atoms with Crippen molar-refractivity contribution in [2.24, 2.45) is 5.10 Å². The molecule has 0 aliphatic carbocycles. The number of thiocarbonyl (C=S) groups is 1. The fraction of sp³-hybridized carbons (Fsp3) is 0.222. The second-order valence-electron chi connectivity index (χ2n) is 5.40. The number of ether oxygens (including phenoxy) is 2. The highest BCUT2D eigenvalue weighted by atomic mass is 35.5. The number of hydrogen-bond donors (Lipinski definition) is 2. The van der Waals surface area contributed by atoms with Gasteiger partial charge in [-0.2, -0.15) is 5.10 Å². The van der Waals surface area contributed by atoms with E-state index in [1.807, 2.05) is 49.4 Å². The van der Waals surface area contributed by atoms with Crippen LogP contribution in [-0.2, 0) is 6.54 Å². The van der Waals surface area contributed by atoms with Gasteiger partial charge in [-0.3, -0.25) is 5.43 Å². The van der Waals surface area contributed by atoms with Crippen molar-refractivity contribution in [3.05, 3.63) is 58.6 Å². The third-order valence-corrected chi connectivity index (χ3v) is 4.18. The highest BCUT2D eigenvalue weighted by Crippen LogP contribution is 2.32. The molecule has 2 aromatic rings. The van der Waals surface area contributed by atoms with E-state index in [4.69, 9.17) is 33.3 Å². The Labute approximate surface area is 157 Å². The Morgan fingerprint density at radius 1 is 1.16 bits per heavy atom. The van der Waals surface area contributed by atoms with Crippen LogP contribution >= 0.6 is 23.8 Å². The van der Waals surface area contributed by atoms with E-state index in [2.05, 4.69) is 15.8 Å². The highest BCUT2D eigenvalue weighted by Gasteiger charge is 2.13. The fourth-order valence-corrected chi connectivity index (χ4v) is 2.62. The van der Waals surface area contributed by atoms with Gasteiger partial charge >= 0.3 is 0 Å². The van der Waals surface area contributed by atoms with E-state index in [1.165, 1.54) is 0 Å². The zero-order valence-corrected chi connectivity index (χ0v) is 15.3.